The van der Waals surface area contributed by atoms with Gasteiger partial charge in [-0.25, -0.2) is 4.98 Å². The van der Waals surface area contributed by atoms with Gasteiger partial charge in [0.25, 0.3) is 0 Å². The summed E-state index contributed by atoms with van der Waals surface area (Å²) in [6, 6.07) is 5.34. The fraction of sp³-hybridized carbons (Fsp3) is 0.231. The molecule has 0 amide bonds. The molecule has 0 radical (unpaired) electrons. The average Bonchev–Trinajstić information content (AvgIpc) is 2.44. The lowest BCUT2D eigenvalue weighted by Gasteiger charge is -2.10. The van der Waals surface area contributed by atoms with Crippen molar-refractivity contribution >= 4 is 28.2 Å². The Morgan fingerprint density at radius 2 is 1.84 bits per heavy atom. The lowest BCUT2D eigenvalue weighted by atomic mass is 10.1. The number of fused-ring (bicyclic) bond motifs is 1. The van der Waals surface area contributed by atoms with Gasteiger partial charge >= 0.3 is 0 Å². The van der Waals surface area contributed by atoms with Gasteiger partial charge < -0.3 is 14.7 Å². The Kier molecular flexibility index (Phi) is 3.76. The van der Waals surface area contributed by atoms with Crippen molar-refractivity contribution in [2.24, 2.45) is 5.16 Å². The maximum Gasteiger partial charge on any atom is 0.162 e. The second kappa shape index (κ2) is 5.32. The number of ether oxygens (including phenoxy) is 2. The SMILES string of the molecule is COc1cc2cc(/C(C)=N/O)c(Cl)nc2cc1OC. The third-order valence-electron chi connectivity index (χ3n) is 2.81. The van der Waals surface area contributed by atoms with Crippen molar-refractivity contribution in [3.8, 4) is 11.5 Å². The number of rotatable bonds is 3. The minimum absolute atomic E-state index is 0.273. The van der Waals surface area contributed by atoms with Crippen molar-refractivity contribution in [3.05, 3.63) is 28.9 Å². The van der Waals surface area contributed by atoms with Gasteiger partial charge in [0.1, 0.15) is 5.15 Å². The van der Waals surface area contributed by atoms with Gasteiger partial charge in [-0.1, -0.05) is 16.8 Å². The van der Waals surface area contributed by atoms with Crippen LogP contribution in [0.15, 0.2) is 23.4 Å². The van der Waals surface area contributed by atoms with Crippen LogP contribution in [0, 0.1) is 0 Å². The Morgan fingerprint density at radius 1 is 1.21 bits per heavy atom. The fourth-order valence-electron chi connectivity index (χ4n) is 1.79. The summed E-state index contributed by atoms with van der Waals surface area (Å²) in [5, 5.41) is 13.1. The Hall–Kier alpha value is -2.01. The van der Waals surface area contributed by atoms with E-state index in [0.29, 0.717) is 28.3 Å². The summed E-state index contributed by atoms with van der Waals surface area (Å²) in [6.45, 7) is 1.65. The van der Waals surface area contributed by atoms with Crippen molar-refractivity contribution in [3.63, 3.8) is 0 Å². The van der Waals surface area contributed by atoms with Crippen LogP contribution in [0.5, 0.6) is 11.5 Å². The van der Waals surface area contributed by atoms with E-state index in [4.69, 9.17) is 26.3 Å². The first kappa shape index (κ1) is 13.4. The Bertz CT molecular complexity index is 656. The molecule has 1 N–H and O–H groups in total. The first-order chi connectivity index (χ1) is 9.10. The number of oxime groups is 1. The Morgan fingerprint density at radius 3 is 2.42 bits per heavy atom. The van der Waals surface area contributed by atoms with Crippen molar-refractivity contribution in [2.45, 2.75) is 6.92 Å². The third kappa shape index (κ3) is 2.42. The van der Waals surface area contributed by atoms with Crippen LogP contribution in [-0.2, 0) is 0 Å². The minimum atomic E-state index is 0.273. The number of nitrogens with zero attached hydrogens (tertiary/aromatic N) is 2. The summed E-state index contributed by atoms with van der Waals surface area (Å²) in [5.41, 5.74) is 1.65. The highest BCUT2D eigenvalue weighted by Gasteiger charge is 2.12. The summed E-state index contributed by atoms with van der Waals surface area (Å²) in [4.78, 5) is 4.27. The number of pyridine rings is 1. The normalized spacial score (nSPS) is 11.7. The van der Waals surface area contributed by atoms with Crippen LogP contribution < -0.4 is 9.47 Å². The maximum atomic E-state index is 8.82. The molecule has 0 aliphatic rings. The van der Waals surface area contributed by atoms with E-state index in [-0.39, 0.29) is 5.15 Å². The third-order valence-corrected chi connectivity index (χ3v) is 3.10. The predicted octanol–water partition coefficient (Wildman–Crippen LogP) is 3.10. The summed E-state index contributed by atoms with van der Waals surface area (Å²) >= 11 is 6.07. The van der Waals surface area contributed by atoms with E-state index in [1.165, 1.54) is 0 Å². The van der Waals surface area contributed by atoms with Gasteiger partial charge in [0.2, 0.25) is 0 Å². The number of aromatic nitrogens is 1. The maximum absolute atomic E-state index is 8.82. The molecule has 0 fully saturated rings. The molecule has 2 aromatic rings. The molecule has 19 heavy (non-hydrogen) atoms. The molecule has 0 bridgehead atoms. The van der Waals surface area contributed by atoms with Gasteiger partial charge in [-0.15, -0.1) is 0 Å². The second-order valence-electron chi connectivity index (χ2n) is 3.91. The van der Waals surface area contributed by atoms with Crippen molar-refractivity contribution in [1.29, 1.82) is 0 Å². The molecule has 0 atom stereocenters. The topological polar surface area (TPSA) is 63.9 Å². The highest BCUT2D eigenvalue weighted by atomic mass is 35.5. The largest absolute Gasteiger partial charge is 0.493 e. The quantitative estimate of drug-likeness (QED) is 0.406. The van der Waals surface area contributed by atoms with Crippen LogP contribution in [-0.4, -0.2) is 30.1 Å². The van der Waals surface area contributed by atoms with Gasteiger partial charge in [-0.3, -0.25) is 0 Å². The predicted molar refractivity (Wildman–Crippen MR) is 73.9 cm³/mol. The Balaban J connectivity index is 2.72. The van der Waals surface area contributed by atoms with Crippen LogP contribution in [0.4, 0.5) is 0 Å². The van der Waals surface area contributed by atoms with E-state index in [0.717, 1.165) is 5.39 Å². The van der Waals surface area contributed by atoms with E-state index >= 15 is 0 Å². The van der Waals surface area contributed by atoms with Crippen LogP contribution in [0.3, 0.4) is 0 Å². The highest BCUT2D eigenvalue weighted by Crippen LogP contribution is 2.33. The molecule has 0 unspecified atom stereocenters. The van der Waals surface area contributed by atoms with Crippen LogP contribution in [0.2, 0.25) is 5.15 Å². The van der Waals surface area contributed by atoms with E-state index in [1.54, 1.807) is 39.3 Å². The zero-order valence-corrected chi connectivity index (χ0v) is 11.5. The van der Waals surface area contributed by atoms with E-state index < -0.39 is 0 Å². The minimum Gasteiger partial charge on any atom is -0.493 e. The molecule has 1 aromatic heterocycles. The summed E-state index contributed by atoms with van der Waals surface area (Å²) in [6.07, 6.45) is 0. The van der Waals surface area contributed by atoms with Gasteiger partial charge in [-0.05, 0) is 19.1 Å². The molecule has 1 aromatic carbocycles. The van der Waals surface area contributed by atoms with Crippen molar-refractivity contribution in [2.75, 3.05) is 14.2 Å². The molecule has 100 valence electrons. The first-order valence-corrected chi connectivity index (χ1v) is 5.89. The molecule has 2 rings (SSSR count). The summed E-state index contributed by atoms with van der Waals surface area (Å²) in [5.74, 6) is 1.18. The lowest BCUT2D eigenvalue weighted by molar-refractivity contribution is 0.319. The lowest BCUT2D eigenvalue weighted by Crippen LogP contribution is -1.99. The molecule has 0 spiro atoms. The van der Waals surface area contributed by atoms with Gasteiger partial charge in [0.15, 0.2) is 11.5 Å². The molecule has 5 nitrogen and oxygen atoms in total. The molecule has 6 heteroatoms. The van der Waals surface area contributed by atoms with Crippen molar-refractivity contribution in [1.82, 2.24) is 4.98 Å². The Labute approximate surface area is 115 Å². The van der Waals surface area contributed by atoms with Gasteiger partial charge in [-0.2, -0.15) is 0 Å². The second-order valence-corrected chi connectivity index (χ2v) is 4.27. The standard InChI is InChI=1S/C13H13ClN2O3/c1-7(16-17)9-4-8-5-11(18-2)12(19-3)6-10(8)15-13(9)14/h4-6,17H,1-3H3/b16-7+. The smallest absolute Gasteiger partial charge is 0.162 e. The number of hydrogen-bond donors (Lipinski definition) is 1. The highest BCUT2D eigenvalue weighted by molar-refractivity contribution is 6.33. The molecular weight excluding hydrogens is 268 g/mol. The molecule has 0 aliphatic heterocycles. The molecule has 1 heterocycles. The average molecular weight is 281 g/mol. The van der Waals surface area contributed by atoms with E-state index in [1.807, 2.05) is 0 Å². The van der Waals surface area contributed by atoms with E-state index in [2.05, 4.69) is 10.1 Å². The number of hydrogen-bond acceptors (Lipinski definition) is 5. The number of halogens is 1. The first-order valence-electron chi connectivity index (χ1n) is 5.52. The van der Waals surface area contributed by atoms with Crippen LogP contribution >= 0.6 is 11.6 Å². The van der Waals surface area contributed by atoms with Crippen LogP contribution in [0.1, 0.15) is 12.5 Å². The molecule has 0 aliphatic carbocycles. The fourth-order valence-corrected chi connectivity index (χ4v) is 2.07. The zero-order valence-electron chi connectivity index (χ0n) is 10.8. The number of benzene rings is 1. The summed E-state index contributed by atoms with van der Waals surface area (Å²) in [7, 11) is 3.12. The number of methoxy groups -OCH3 is 2. The zero-order chi connectivity index (χ0) is 14.0. The van der Waals surface area contributed by atoms with Crippen LogP contribution in [0.25, 0.3) is 10.9 Å². The van der Waals surface area contributed by atoms with Gasteiger partial charge in [0.05, 0.1) is 25.4 Å². The van der Waals surface area contributed by atoms with Gasteiger partial charge in [0, 0.05) is 17.0 Å². The summed E-state index contributed by atoms with van der Waals surface area (Å²) < 4.78 is 10.4. The van der Waals surface area contributed by atoms with E-state index in [9.17, 15) is 0 Å². The van der Waals surface area contributed by atoms with Crippen molar-refractivity contribution < 1.29 is 14.7 Å². The monoisotopic (exact) mass is 280 g/mol. The molecule has 0 saturated carbocycles. The molecule has 0 saturated heterocycles. The molecular formula is C13H13ClN2O3.